The molecule has 1 unspecified atom stereocenters. The first kappa shape index (κ1) is 18.5. The number of benzene rings is 1. The van der Waals surface area contributed by atoms with Gasteiger partial charge in [0.25, 0.3) is 5.91 Å². The van der Waals surface area contributed by atoms with Crippen molar-refractivity contribution in [1.82, 2.24) is 10.2 Å². The minimum absolute atomic E-state index is 0.0856. The van der Waals surface area contributed by atoms with E-state index in [1.807, 2.05) is 13.0 Å². The molecular formula is C20H29ClN2O2. The van der Waals surface area contributed by atoms with Gasteiger partial charge in [-0.15, -0.1) is 0 Å². The Labute approximate surface area is 155 Å². The van der Waals surface area contributed by atoms with Crippen LogP contribution in [0, 0.1) is 0 Å². The zero-order valence-corrected chi connectivity index (χ0v) is 16.3. The van der Waals surface area contributed by atoms with Crippen molar-refractivity contribution < 1.29 is 9.53 Å². The minimum atomic E-state index is -0.0856. The van der Waals surface area contributed by atoms with Gasteiger partial charge in [0.1, 0.15) is 11.9 Å². The summed E-state index contributed by atoms with van der Waals surface area (Å²) >= 11 is 6.20. The van der Waals surface area contributed by atoms with Crippen molar-refractivity contribution in [2.45, 2.75) is 63.5 Å². The van der Waals surface area contributed by atoms with E-state index in [1.165, 1.54) is 32.1 Å². The van der Waals surface area contributed by atoms with Gasteiger partial charge in [0, 0.05) is 29.1 Å². The van der Waals surface area contributed by atoms with E-state index in [0.29, 0.717) is 22.9 Å². The molecule has 2 aliphatic rings. The first-order valence-corrected chi connectivity index (χ1v) is 9.74. The van der Waals surface area contributed by atoms with Gasteiger partial charge in [0.2, 0.25) is 0 Å². The topological polar surface area (TPSA) is 41.6 Å². The second-order valence-corrected chi connectivity index (χ2v) is 8.20. The van der Waals surface area contributed by atoms with Crippen LogP contribution in [0.4, 0.5) is 0 Å². The Morgan fingerprint density at radius 2 is 2.04 bits per heavy atom. The predicted octanol–water partition coefficient (Wildman–Crippen LogP) is 4.05. The molecule has 0 aromatic heterocycles. The van der Waals surface area contributed by atoms with Crippen molar-refractivity contribution in [2.75, 3.05) is 20.6 Å². The molecule has 5 heteroatoms. The van der Waals surface area contributed by atoms with Crippen molar-refractivity contribution in [3.8, 4) is 5.75 Å². The summed E-state index contributed by atoms with van der Waals surface area (Å²) in [5.74, 6) is 0.618. The van der Waals surface area contributed by atoms with Crippen molar-refractivity contribution in [3.05, 3.63) is 28.3 Å². The Hall–Kier alpha value is -1.26. The molecule has 138 valence electrons. The average Bonchev–Trinajstić information content (AvgIpc) is 2.94. The highest BCUT2D eigenvalue weighted by atomic mass is 35.5. The lowest BCUT2D eigenvalue weighted by atomic mass is 9.78. The highest BCUT2D eigenvalue weighted by Gasteiger charge is 2.34. The maximum atomic E-state index is 12.7. The summed E-state index contributed by atoms with van der Waals surface area (Å²) in [4.78, 5) is 15.1. The number of ether oxygens (including phenoxy) is 1. The highest BCUT2D eigenvalue weighted by Crippen LogP contribution is 2.36. The third kappa shape index (κ3) is 3.95. The lowest BCUT2D eigenvalue weighted by molar-refractivity contribution is 0.0833. The van der Waals surface area contributed by atoms with Crippen LogP contribution < -0.4 is 10.1 Å². The molecule has 1 aromatic carbocycles. The number of halogens is 1. The molecule has 1 aliphatic carbocycles. The third-order valence-electron chi connectivity index (χ3n) is 5.81. The van der Waals surface area contributed by atoms with E-state index in [1.54, 1.807) is 6.07 Å². The fourth-order valence-electron chi connectivity index (χ4n) is 4.30. The number of carbonyl (C=O) groups excluding carboxylic acids is 1. The van der Waals surface area contributed by atoms with Crippen LogP contribution in [-0.2, 0) is 6.42 Å². The van der Waals surface area contributed by atoms with E-state index in [9.17, 15) is 4.79 Å². The number of fused-ring (bicyclic) bond motifs is 1. The lowest BCUT2D eigenvalue weighted by Crippen LogP contribution is -2.48. The van der Waals surface area contributed by atoms with Crippen LogP contribution in [0.2, 0.25) is 5.02 Å². The van der Waals surface area contributed by atoms with Crippen molar-refractivity contribution in [2.24, 2.45) is 0 Å². The maximum absolute atomic E-state index is 12.7. The molecule has 3 rings (SSSR count). The molecule has 1 aliphatic heterocycles. The minimum Gasteiger partial charge on any atom is -0.489 e. The number of amides is 1. The van der Waals surface area contributed by atoms with E-state index in [-0.39, 0.29) is 17.6 Å². The standard InChI is InChI=1S/C20H29ClN2O2/c1-14-11-15-12-16(21)13-17(18(15)25-14)19(24)22-10-9-20(23(2)3)7-5-4-6-8-20/h12-14H,4-11H2,1-3H3,(H,22,24). The Morgan fingerprint density at radius 3 is 2.72 bits per heavy atom. The van der Waals surface area contributed by atoms with Gasteiger partial charge >= 0.3 is 0 Å². The molecular weight excluding hydrogens is 336 g/mol. The van der Waals surface area contributed by atoms with Crippen molar-refractivity contribution in [3.63, 3.8) is 0 Å². The Kier molecular flexibility index (Phi) is 5.59. The van der Waals surface area contributed by atoms with E-state index >= 15 is 0 Å². The summed E-state index contributed by atoms with van der Waals surface area (Å²) in [5.41, 5.74) is 1.81. The van der Waals surface area contributed by atoms with Gasteiger partial charge < -0.3 is 15.0 Å². The average molecular weight is 365 g/mol. The summed E-state index contributed by atoms with van der Waals surface area (Å²) in [6.07, 6.45) is 8.18. The van der Waals surface area contributed by atoms with Crippen LogP contribution in [0.5, 0.6) is 5.75 Å². The number of hydrogen-bond donors (Lipinski definition) is 1. The summed E-state index contributed by atoms with van der Waals surface area (Å²) in [6.45, 7) is 2.69. The molecule has 0 spiro atoms. The van der Waals surface area contributed by atoms with Gasteiger partial charge in [0.05, 0.1) is 5.56 Å². The molecule has 1 heterocycles. The van der Waals surface area contributed by atoms with Crippen molar-refractivity contribution in [1.29, 1.82) is 0 Å². The van der Waals surface area contributed by atoms with Crippen LogP contribution in [0.3, 0.4) is 0 Å². The smallest absolute Gasteiger partial charge is 0.255 e. The van der Waals surface area contributed by atoms with Crippen LogP contribution in [-0.4, -0.2) is 43.1 Å². The summed E-state index contributed by atoms with van der Waals surface area (Å²) < 4.78 is 5.84. The number of hydrogen-bond acceptors (Lipinski definition) is 3. The van der Waals surface area contributed by atoms with Gasteiger partial charge in [-0.1, -0.05) is 30.9 Å². The fraction of sp³-hybridized carbons (Fsp3) is 0.650. The second kappa shape index (κ2) is 7.55. The van der Waals surface area contributed by atoms with Gasteiger partial charge in [0.15, 0.2) is 0 Å². The Balaban J connectivity index is 1.66. The third-order valence-corrected chi connectivity index (χ3v) is 6.03. The molecule has 0 bridgehead atoms. The monoisotopic (exact) mass is 364 g/mol. The number of nitrogens with one attached hydrogen (secondary N) is 1. The molecule has 1 N–H and O–H groups in total. The molecule has 25 heavy (non-hydrogen) atoms. The normalized spacial score (nSPS) is 21.7. The predicted molar refractivity (Wildman–Crippen MR) is 102 cm³/mol. The molecule has 1 aromatic rings. The molecule has 0 radical (unpaired) electrons. The second-order valence-electron chi connectivity index (χ2n) is 7.76. The fourth-order valence-corrected chi connectivity index (χ4v) is 4.54. The number of rotatable bonds is 5. The molecule has 4 nitrogen and oxygen atoms in total. The Bertz CT molecular complexity index is 639. The number of nitrogens with zero attached hydrogens (tertiary/aromatic N) is 1. The molecule has 1 atom stereocenters. The van der Waals surface area contributed by atoms with E-state index < -0.39 is 0 Å². The molecule has 1 amide bonds. The molecule has 0 saturated heterocycles. The zero-order chi connectivity index (χ0) is 18.0. The first-order chi connectivity index (χ1) is 11.9. The van der Waals surface area contributed by atoms with E-state index in [2.05, 4.69) is 24.3 Å². The first-order valence-electron chi connectivity index (χ1n) is 9.36. The molecule has 1 fully saturated rings. The highest BCUT2D eigenvalue weighted by molar-refractivity contribution is 6.31. The summed E-state index contributed by atoms with van der Waals surface area (Å²) in [7, 11) is 4.32. The van der Waals surface area contributed by atoms with Crippen LogP contribution >= 0.6 is 11.6 Å². The number of carbonyl (C=O) groups is 1. The van der Waals surface area contributed by atoms with Gasteiger partial charge in [-0.05, 0) is 52.4 Å². The SMILES string of the molecule is CC1Cc2cc(Cl)cc(C(=O)NCCC3(N(C)C)CCCCC3)c2O1. The molecule has 1 saturated carbocycles. The summed E-state index contributed by atoms with van der Waals surface area (Å²) in [6, 6.07) is 3.62. The largest absolute Gasteiger partial charge is 0.489 e. The maximum Gasteiger partial charge on any atom is 0.255 e. The van der Waals surface area contributed by atoms with Crippen LogP contribution in [0.1, 0.15) is 61.4 Å². The quantitative estimate of drug-likeness (QED) is 0.857. The van der Waals surface area contributed by atoms with Crippen LogP contribution in [0.15, 0.2) is 12.1 Å². The van der Waals surface area contributed by atoms with E-state index in [0.717, 1.165) is 18.4 Å². The van der Waals surface area contributed by atoms with Crippen molar-refractivity contribution >= 4 is 17.5 Å². The zero-order valence-electron chi connectivity index (χ0n) is 15.5. The Morgan fingerprint density at radius 1 is 1.32 bits per heavy atom. The van der Waals surface area contributed by atoms with Crippen LogP contribution in [0.25, 0.3) is 0 Å². The summed E-state index contributed by atoms with van der Waals surface area (Å²) in [5, 5.41) is 3.69. The van der Waals surface area contributed by atoms with Gasteiger partial charge in [-0.25, -0.2) is 0 Å². The van der Waals surface area contributed by atoms with Gasteiger partial charge in [-0.3, -0.25) is 4.79 Å². The lowest BCUT2D eigenvalue weighted by Gasteiger charge is -2.43. The van der Waals surface area contributed by atoms with Gasteiger partial charge in [-0.2, -0.15) is 0 Å². The van der Waals surface area contributed by atoms with E-state index in [4.69, 9.17) is 16.3 Å².